The molecule has 0 saturated carbocycles. The highest BCUT2D eigenvalue weighted by Crippen LogP contribution is 2.25. The van der Waals surface area contributed by atoms with E-state index in [4.69, 9.17) is 4.42 Å². The van der Waals surface area contributed by atoms with E-state index in [0.29, 0.717) is 17.0 Å². The highest BCUT2D eigenvalue weighted by atomic mass is 32.2. The Labute approximate surface area is 175 Å². The van der Waals surface area contributed by atoms with Gasteiger partial charge in [0.25, 0.3) is 5.22 Å². The number of nitrogens with one attached hydrogen (secondary N) is 1. The minimum absolute atomic E-state index is 0.0436. The molecule has 0 aliphatic heterocycles. The van der Waals surface area contributed by atoms with E-state index in [-0.39, 0.29) is 23.6 Å². The average molecular weight is 411 g/mol. The molecule has 1 amide bonds. The van der Waals surface area contributed by atoms with E-state index in [1.54, 1.807) is 18.5 Å². The van der Waals surface area contributed by atoms with E-state index in [1.165, 1.54) is 17.3 Å². The maximum absolute atomic E-state index is 12.5. The van der Waals surface area contributed by atoms with Crippen molar-refractivity contribution in [2.45, 2.75) is 44.9 Å². The van der Waals surface area contributed by atoms with Crippen molar-refractivity contribution in [3.63, 3.8) is 0 Å². The monoisotopic (exact) mass is 410 g/mol. The van der Waals surface area contributed by atoms with Gasteiger partial charge in [0.2, 0.25) is 11.8 Å². The summed E-state index contributed by atoms with van der Waals surface area (Å²) in [6.45, 7) is 8.55. The summed E-state index contributed by atoms with van der Waals surface area (Å²) in [4.78, 5) is 16.6. The van der Waals surface area contributed by atoms with Crippen molar-refractivity contribution in [2.24, 2.45) is 5.92 Å². The minimum Gasteiger partial charge on any atom is -0.411 e. The zero-order valence-corrected chi connectivity index (χ0v) is 17.9. The molecule has 2 aromatic heterocycles. The van der Waals surface area contributed by atoms with Gasteiger partial charge in [-0.1, -0.05) is 63.7 Å². The predicted octanol–water partition coefficient (Wildman–Crippen LogP) is 4.86. The number of carbonyl (C=O) groups is 1. The highest BCUT2D eigenvalue weighted by Gasteiger charge is 2.19. The van der Waals surface area contributed by atoms with Gasteiger partial charge in [-0.2, -0.15) is 0 Å². The summed E-state index contributed by atoms with van der Waals surface area (Å²) < 4.78 is 5.61. The molecule has 1 N–H and O–H groups in total. The Morgan fingerprint density at radius 2 is 1.79 bits per heavy atom. The van der Waals surface area contributed by atoms with Crippen LogP contribution in [0.1, 0.15) is 50.8 Å². The average Bonchev–Trinajstić information content (AvgIpc) is 3.20. The maximum Gasteiger partial charge on any atom is 0.277 e. The Hall–Kier alpha value is -2.67. The van der Waals surface area contributed by atoms with Crippen LogP contribution in [-0.4, -0.2) is 26.8 Å². The van der Waals surface area contributed by atoms with Crippen LogP contribution in [0.2, 0.25) is 0 Å². The highest BCUT2D eigenvalue weighted by molar-refractivity contribution is 7.99. The summed E-state index contributed by atoms with van der Waals surface area (Å²) in [6.07, 6.45) is 3.34. The van der Waals surface area contributed by atoms with Crippen LogP contribution in [0.3, 0.4) is 0 Å². The Morgan fingerprint density at radius 3 is 2.41 bits per heavy atom. The van der Waals surface area contributed by atoms with Gasteiger partial charge in [0.15, 0.2) is 0 Å². The molecule has 0 spiro atoms. The van der Waals surface area contributed by atoms with Crippen molar-refractivity contribution in [1.82, 2.24) is 20.5 Å². The first-order valence-corrected chi connectivity index (χ1v) is 10.7. The van der Waals surface area contributed by atoms with Crippen LogP contribution in [-0.2, 0) is 4.79 Å². The van der Waals surface area contributed by atoms with Gasteiger partial charge in [-0.05, 0) is 35.1 Å². The molecular weight excluding hydrogens is 384 g/mol. The minimum atomic E-state index is -0.0669. The van der Waals surface area contributed by atoms with E-state index in [1.807, 2.05) is 6.07 Å². The van der Waals surface area contributed by atoms with Crippen molar-refractivity contribution >= 4 is 17.7 Å². The molecule has 1 atom stereocenters. The van der Waals surface area contributed by atoms with Crippen LogP contribution in [0.5, 0.6) is 0 Å². The van der Waals surface area contributed by atoms with Crippen LogP contribution in [0, 0.1) is 5.92 Å². The van der Waals surface area contributed by atoms with Crippen molar-refractivity contribution in [1.29, 1.82) is 0 Å². The third-order valence-corrected chi connectivity index (χ3v) is 5.41. The molecule has 0 radical (unpaired) electrons. The predicted molar refractivity (Wildman–Crippen MR) is 115 cm³/mol. The maximum atomic E-state index is 12.5. The van der Waals surface area contributed by atoms with Crippen molar-refractivity contribution in [3.05, 3.63) is 59.9 Å². The third kappa shape index (κ3) is 5.67. The molecule has 7 heteroatoms. The Kier molecular flexibility index (Phi) is 7.04. The second-order valence-corrected chi connectivity index (χ2v) is 8.44. The number of aromatic nitrogens is 3. The first kappa shape index (κ1) is 21.0. The smallest absolute Gasteiger partial charge is 0.277 e. The molecule has 3 rings (SSSR count). The van der Waals surface area contributed by atoms with Gasteiger partial charge in [-0.3, -0.25) is 9.78 Å². The van der Waals surface area contributed by atoms with Crippen molar-refractivity contribution in [2.75, 3.05) is 5.75 Å². The number of thioether (sulfide) groups is 1. The van der Waals surface area contributed by atoms with Crippen LogP contribution >= 0.6 is 11.8 Å². The largest absolute Gasteiger partial charge is 0.411 e. The number of hydrogen-bond acceptors (Lipinski definition) is 6. The SMILES string of the molecule is CC(C)c1ccc([C@H](NC(=O)CSc2nnc(-c3cccnc3)o2)C(C)C)cc1. The fourth-order valence-corrected chi connectivity index (χ4v) is 3.51. The zero-order valence-electron chi connectivity index (χ0n) is 17.1. The van der Waals surface area contributed by atoms with Gasteiger partial charge in [-0.25, -0.2) is 0 Å². The van der Waals surface area contributed by atoms with Gasteiger partial charge in [0.1, 0.15) is 0 Å². The second-order valence-electron chi connectivity index (χ2n) is 7.51. The molecule has 29 heavy (non-hydrogen) atoms. The number of rotatable bonds is 8. The molecule has 0 aliphatic rings. The Morgan fingerprint density at radius 1 is 1.07 bits per heavy atom. The molecule has 0 unspecified atom stereocenters. The summed E-state index contributed by atoms with van der Waals surface area (Å²) in [6, 6.07) is 12.1. The molecule has 0 fully saturated rings. The number of nitrogens with zero attached hydrogens (tertiary/aromatic N) is 3. The molecule has 0 bridgehead atoms. The first-order valence-electron chi connectivity index (χ1n) is 9.70. The topological polar surface area (TPSA) is 80.9 Å². The Bertz CT molecular complexity index is 924. The van der Waals surface area contributed by atoms with Crippen molar-refractivity contribution < 1.29 is 9.21 Å². The molecule has 6 nitrogen and oxygen atoms in total. The third-order valence-electron chi connectivity index (χ3n) is 4.59. The fraction of sp³-hybridized carbons (Fsp3) is 0.364. The van der Waals surface area contributed by atoms with E-state index in [0.717, 1.165) is 11.1 Å². The van der Waals surface area contributed by atoms with E-state index in [9.17, 15) is 4.79 Å². The van der Waals surface area contributed by atoms with E-state index in [2.05, 4.69) is 72.5 Å². The first-order chi connectivity index (χ1) is 13.9. The van der Waals surface area contributed by atoms with E-state index < -0.39 is 0 Å². The fourth-order valence-electron chi connectivity index (χ4n) is 2.94. The molecule has 0 saturated heterocycles. The number of hydrogen-bond donors (Lipinski definition) is 1. The molecule has 3 aromatic rings. The van der Waals surface area contributed by atoms with Gasteiger partial charge in [0.05, 0.1) is 17.4 Å². The van der Waals surface area contributed by atoms with Crippen LogP contribution in [0.15, 0.2) is 58.4 Å². The summed E-state index contributed by atoms with van der Waals surface area (Å²) in [5, 5.41) is 11.5. The number of amides is 1. The lowest BCUT2D eigenvalue weighted by Crippen LogP contribution is -2.33. The quantitative estimate of drug-likeness (QED) is 0.534. The van der Waals surface area contributed by atoms with Gasteiger partial charge in [0, 0.05) is 12.4 Å². The number of carbonyl (C=O) groups excluding carboxylic acids is 1. The number of pyridine rings is 1. The normalized spacial score (nSPS) is 12.3. The molecule has 152 valence electrons. The summed E-state index contributed by atoms with van der Waals surface area (Å²) in [7, 11) is 0. The van der Waals surface area contributed by atoms with Gasteiger partial charge >= 0.3 is 0 Å². The van der Waals surface area contributed by atoms with Gasteiger partial charge < -0.3 is 9.73 Å². The molecular formula is C22H26N4O2S. The van der Waals surface area contributed by atoms with Crippen LogP contribution in [0.4, 0.5) is 0 Å². The van der Waals surface area contributed by atoms with Crippen LogP contribution in [0.25, 0.3) is 11.5 Å². The second kappa shape index (κ2) is 9.69. The zero-order chi connectivity index (χ0) is 20.8. The molecule has 0 aliphatic carbocycles. The lowest BCUT2D eigenvalue weighted by atomic mass is 9.93. The standard InChI is InChI=1S/C22H26N4O2S/c1-14(2)16-7-9-17(10-8-16)20(15(3)4)24-19(27)13-29-22-26-25-21(28-22)18-6-5-11-23-12-18/h5-12,14-15,20H,13H2,1-4H3,(H,24,27)/t20-/m1/s1. The number of benzene rings is 1. The van der Waals surface area contributed by atoms with E-state index >= 15 is 0 Å². The van der Waals surface area contributed by atoms with Crippen LogP contribution < -0.4 is 5.32 Å². The summed E-state index contributed by atoms with van der Waals surface area (Å²) in [5.41, 5.74) is 3.15. The summed E-state index contributed by atoms with van der Waals surface area (Å²) >= 11 is 1.23. The summed E-state index contributed by atoms with van der Waals surface area (Å²) in [5.74, 6) is 1.30. The Balaban J connectivity index is 1.59. The lowest BCUT2D eigenvalue weighted by molar-refractivity contribution is -0.119. The lowest BCUT2D eigenvalue weighted by Gasteiger charge is -2.23. The molecule has 2 heterocycles. The van der Waals surface area contributed by atoms with Gasteiger partial charge in [-0.15, -0.1) is 10.2 Å². The molecule has 1 aromatic carbocycles. The van der Waals surface area contributed by atoms with Crippen molar-refractivity contribution in [3.8, 4) is 11.5 Å².